The van der Waals surface area contributed by atoms with Gasteiger partial charge in [0.25, 0.3) is 0 Å². The van der Waals surface area contributed by atoms with Crippen molar-refractivity contribution in [2.45, 2.75) is 0 Å². The highest BCUT2D eigenvalue weighted by Crippen LogP contribution is 2.32. The molecule has 32 heavy (non-hydrogen) atoms. The number of anilines is 2. The first-order valence-corrected chi connectivity index (χ1v) is 10.0. The van der Waals surface area contributed by atoms with Crippen LogP contribution < -0.4 is 5.32 Å². The molecule has 0 bridgehead atoms. The average Bonchev–Trinajstić information content (AvgIpc) is 3.21. The van der Waals surface area contributed by atoms with Crippen molar-refractivity contribution >= 4 is 44.2 Å². The minimum atomic E-state index is -0.704. The monoisotopic (exact) mass is 423 g/mol. The van der Waals surface area contributed by atoms with Crippen LogP contribution in [0.3, 0.4) is 0 Å². The van der Waals surface area contributed by atoms with E-state index < -0.39 is 11.6 Å². The van der Waals surface area contributed by atoms with Gasteiger partial charge >= 0.3 is 0 Å². The average molecular weight is 423 g/mol. The lowest BCUT2D eigenvalue weighted by Crippen LogP contribution is -2.00. The second kappa shape index (κ2) is 7.09. The predicted molar refractivity (Wildman–Crippen MR) is 122 cm³/mol. The van der Waals surface area contributed by atoms with Gasteiger partial charge in [0.15, 0.2) is 17.5 Å². The van der Waals surface area contributed by atoms with Crippen LogP contribution in [0.5, 0.6) is 0 Å². The van der Waals surface area contributed by atoms with Gasteiger partial charge in [-0.1, -0.05) is 54.6 Å². The van der Waals surface area contributed by atoms with Crippen molar-refractivity contribution in [3.63, 3.8) is 0 Å². The summed E-state index contributed by atoms with van der Waals surface area (Å²) in [7, 11) is 0. The molecule has 0 aliphatic heterocycles. The molecule has 2 heterocycles. The molecule has 0 unspecified atom stereocenters. The molecular weight excluding hydrogens is 408 g/mol. The summed E-state index contributed by atoms with van der Waals surface area (Å²) >= 11 is 0. The second-order valence-corrected chi connectivity index (χ2v) is 7.45. The first-order chi connectivity index (χ1) is 15.7. The Morgan fingerprint density at radius 1 is 0.719 bits per heavy atom. The Hall–Kier alpha value is -4.39. The summed E-state index contributed by atoms with van der Waals surface area (Å²) in [6, 6.07) is 23.7. The number of hydrogen-bond donors (Lipinski definition) is 2. The molecular formula is C25H15F2N5. The molecule has 0 spiro atoms. The molecule has 0 fully saturated rings. The maximum Gasteiger partial charge on any atom is 0.162 e. The summed E-state index contributed by atoms with van der Waals surface area (Å²) in [5, 5.41) is 13.1. The van der Waals surface area contributed by atoms with Crippen molar-refractivity contribution in [3.8, 4) is 11.4 Å². The Kier molecular flexibility index (Phi) is 4.07. The number of H-pyrrole nitrogens is 1. The van der Waals surface area contributed by atoms with Crippen LogP contribution in [0.25, 0.3) is 44.0 Å². The van der Waals surface area contributed by atoms with E-state index >= 15 is 0 Å². The predicted octanol–water partition coefficient (Wildman–Crippen LogP) is 6.35. The SMILES string of the molecule is Fc1cc(F)c2[nH]nc(Nc3nc(-c4cccc5ccccc45)nc4ccccc34)c2c1. The van der Waals surface area contributed by atoms with Gasteiger partial charge in [-0.25, -0.2) is 18.7 Å². The van der Waals surface area contributed by atoms with Gasteiger partial charge in [0, 0.05) is 17.0 Å². The second-order valence-electron chi connectivity index (χ2n) is 7.45. The molecule has 0 amide bonds. The number of aromatic nitrogens is 4. The quantitative estimate of drug-likeness (QED) is 0.348. The summed E-state index contributed by atoms with van der Waals surface area (Å²) < 4.78 is 28.0. The third-order valence-corrected chi connectivity index (χ3v) is 5.46. The van der Waals surface area contributed by atoms with Gasteiger partial charge in [-0.05, 0) is 29.0 Å². The zero-order valence-electron chi connectivity index (χ0n) is 16.6. The van der Waals surface area contributed by atoms with Crippen molar-refractivity contribution in [3.05, 3.63) is 90.5 Å². The summed E-state index contributed by atoms with van der Waals surface area (Å²) in [6.07, 6.45) is 0. The van der Waals surface area contributed by atoms with E-state index in [1.807, 2.05) is 66.7 Å². The maximum atomic E-state index is 14.1. The Morgan fingerprint density at radius 3 is 2.41 bits per heavy atom. The van der Waals surface area contributed by atoms with Gasteiger partial charge in [0.2, 0.25) is 0 Å². The highest BCUT2D eigenvalue weighted by atomic mass is 19.1. The molecule has 6 aromatic rings. The third kappa shape index (κ3) is 2.94. The smallest absolute Gasteiger partial charge is 0.162 e. The molecule has 0 aliphatic carbocycles. The van der Waals surface area contributed by atoms with Crippen LogP contribution in [0.2, 0.25) is 0 Å². The number of aromatic amines is 1. The molecule has 0 radical (unpaired) electrons. The molecule has 6 rings (SSSR count). The van der Waals surface area contributed by atoms with Gasteiger partial charge in [-0.3, -0.25) is 5.10 Å². The van der Waals surface area contributed by atoms with Crippen LogP contribution >= 0.6 is 0 Å². The molecule has 0 saturated carbocycles. The van der Waals surface area contributed by atoms with Crippen LogP contribution in [0.15, 0.2) is 78.9 Å². The minimum Gasteiger partial charge on any atom is -0.322 e. The molecule has 4 aromatic carbocycles. The number of nitrogens with one attached hydrogen (secondary N) is 2. The highest BCUT2D eigenvalue weighted by Gasteiger charge is 2.16. The van der Waals surface area contributed by atoms with Crippen LogP contribution in [0, 0.1) is 11.6 Å². The van der Waals surface area contributed by atoms with Crippen LogP contribution in [0.1, 0.15) is 0 Å². The molecule has 7 heteroatoms. The third-order valence-electron chi connectivity index (χ3n) is 5.46. The number of rotatable bonds is 3. The number of para-hydroxylation sites is 1. The van der Waals surface area contributed by atoms with E-state index in [2.05, 4.69) is 15.5 Å². The van der Waals surface area contributed by atoms with Crippen molar-refractivity contribution in [1.82, 2.24) is 20.2 Å². The summed E-state index contributed by atoms with van der Waals surface area (Å²) in [6.45, 7) is 0. The summed E-state index contributed by atoms with van der Waals surface area (Å²) in [4.78, 5) is 9.56. The first kappa shape index (κ1) is 18.4. The lowest BCUT2D eigenvalue weighted by Gasteiger charge is -2.11. The molecule has 0 saturated heterocycles. The lowest BCUT2D eigenvalue weighted by atomic mass is 10.0. The fourth-order valence-corrected chi connectivity index (χ4v) is 3.97. The van der Waals surface area contributed by atoms with Crippen molar-refractivity contribution in [2.75, 3.05) is 5.32 Å². The number of benzene rings is 4. The van der Waals surface area contributed by atoms with E-state index in [1.54, 1.807) is 0 Å². The Balaban J connectivity index is 1.56. The number of fused-ring (bicyclic) bond motifs is 3. The van der Waals surface area contributed by atoms with Gasteiger partial charge in [0.1, 0.15) is 17.2 Å². The largest absolute Gasteiger partial charge is 0.322 e. The van der Waals surface area contributed by atoms with Crippen molar-refractivity contribution < 1.29 is 8.78 Å². The van der Waals surface area contributed by atoms with E-state index in [0.29, 0.717) is 17.0 Å². The standard InChI is InChI=1S/C25H15F2N5/c26-15-12-19-22(20(27)13-15)31-32-25(19)30-24-18-9-3-4-11-21(18)28-23(29-24)17-10-5-7-14-6-1-2-8-16(14)17/h1-13H,(H2,28,29,30,31,32). The van der Waals surface area contributed by atoms with Crippen LogP contribution in [-0.2, 0) is 0 Å². The van der Waals surface area contributed by atoms with E-state index in [9.17, 15) is 8.78 Å². The first-order valence-electron chi connectivity index (χ1n) is 10.0. The normalized spacial score (nSPS) is 11.4. The maximum absolute atomic E-state index is 14.1. The van der Waals surface area contributed by atoms with Crippen LogP contribution in [0.4, 0.5) is 20.4 Å². The van der Waals surface area contributed by atoms with Crippen LogP contribution in [-0.4, -0.2) is 20.2 Å². The number of hydrogen-bond acceptors (Lipinski definition) is 4. The topological polar surface area (TPSA) is 66.5 Å². The van der Waals surface area contributed by atoms with E-state index in [-0.39, 0.29) is 11.3 Å². The molecule has 0 aliphatic rings. The van der Waals surface area contributed by atoms with Gasteiger partial charge in [-0.15, -0.1) is 0 Å². The van der Waals surface area contributed by atoms with E-state index in [4.69, 9.17) is 9.97 Å². The molecule has 0 atom stereocenters. The molecule has 2 N–H and O–H groups in total. The van der Waals surface area contributed by atoms with Gasteiger partial charge < -0.3 is 5.32 Å². The summed E-state index contributed by atoms with van der Waals surface area (Å²) in [5.41, 5.74) is 1.76. The summed E-state index contributed by atoms with van der Waals surface area (Å²) in [5.74, 6) is -0.0593. The Labute approximate surface area is 180 Å². The number of nitrogens with zero attached hydrogens (tertiary/aromatic N) is 3. The molecule has 154 valence electrons. The lowest BCUT2D eigenvalue weighted by molar-refractivity contribution is 0.590. The van der Waals surface area contributed by atoms with Crippen molar-refractivity contribution in [2.24, 2.45) is 0 Å². The fraction of sp³-hybridized carbons (Fsp3) is 0. The Bertz CT molecular complexity index is 1640. The highest BCUT2D eigenvalue weighted by molar-refractivity contribution is 5.99. The zero-order chi connectivity index (χ0) is 21.7. The fourth-order valence-electron chi connectivity index (χ4n) is 3.97. The van der Waals surface area contributed by atoms with Gasteiger partial charge in [-0.2, -0.15) is 5.10 Å². The molecule has 5 nitrogen and oxygen atoms in total. The Morgan fingerprint density at radius 2 is 1.50 bits per heavy atom. The van der Waals surface area contributed by atoms with Gasteiger partial charge in [0.05, 0.1) is 10.9 Å². The van der Waals surface area contributed by atoms with E-state index in [1.165, 1.54) is 6.07 Å². The number of halogens is 2. The minimum absolute atomic E-state index is 0.126. The van der Waals surface area contributed by atoms with Crippen molar-refractivity contribution in [1.29, 1.82) is 0 Å². The molecule has 2 aromatic heterocycles. The van der Waals surface area contributed by atoms with E-state index in [0.717, 1.165) is 33.3 Å². The zero-order valence-corrected chi connectivity index (χ0v) is 16.6.